The molecule has 0 radical (unpaired) electrons. The molecule has 1 aromatic carbocycles. The molecular formula is C17H19N5O. The van der Waals surface area contributed by atoms with Gasteiger partial charge in [0.1, 0.15) is 0 Å². The molecule has 2 aromatic heterocycles. The quantitative estimate of drug-likeness (QED) is 0.780. The summed E-state index contributed by atoms with van der Waals surface area (Å²) in [7, 11) is 1.77. The Balaban J connectivity index is 1.69. The molecule has 2 N–H and O–H groups in total. The number of benzene rings is 1. The molecule has 3 aromatic rings. The molecule has 6 heteroatoms. The molecule has 0 aliphatic rings. The van der Waals surface area contributed by atoms with E-state index in [4.69, 9.17) is 0 Å². The summed E-state index contributed by atoms with van der Waals surface area (Å²) in [5.74, 6) is 0. The van der Waals surface area contributed by atoms with Crippen LogP contribution in [0.1, 0.15) is 16.8 Å². The van der Waals surface area contributed by atoms with E-state index in [-0.39, 0.29) is 6.03 Å². The van der Waals surface area contributed by atoms with Gasteiger partial charge in [-0.2, -0.15) is 5.10 Å². The third-order valence-corrected chi connectivity index (χ3v) is 3.74. The first-order chi connectivity index (χ1) is 11.0. The van der Waals surface area contributed by atoms with Crippen molar-refractivity contribution < 1.29 is 4.79 Å². The van der Waals surface area contributed by atoms with E-state index in [0.29, 0.717) is 17.9 Å². The van der Waals surface area contributed by atoms with E-state index < -0.39 is 0 Å². The second-order valence-electron chi connectivity index (χ2n) is 5.72. The van der Waals surface area contributed by atoms with Crippen molar-refractivity contribution in [2.75, 3.05) is 12.4 Å². The zero-order chi connectivity index (χ0) is 16.4. The molecule has 3 rings (SSSR count). The van der Waals surface area contributed by atoms with Crippen molar-refractivity contribution >= 4 is 22.8 Å². The van der Waals surface area contributed by atoms with Crippen molar-refractivity contribution in [3.05, 3.63) is 53.3 Å². The van der Waals surface area contributed by atoms with Crippen LogP contribution in [0.25, 0.3) is 11.0 Å². The fourth-order valence-corrected chi connectivity index (χ4v) is 2.35. The van der Waals surface area contributed by atoms with Gasteiger partial charge in [0.15, 0.2) is 5.65 Å². The summed E-state index contributed by atoms with van der Waals surface area (Å²) < 4.78 is 0. The largest absolute Gasteiger partial charge is 0.323 e. The Hall–Kier alpha value is -2.89. The minimum absolute atomic E-state index is 0.173. The van der Waals surface area contributed by atoms with Gasteiger partial charge in [-0.25, -0.2) is 9.78 Å². The van der Waals surface area contributed by atoms with Crippen LogP contribution in [0.3, 0.4) is 0 Å². The van der Waals surface area contributed by atoms with Crippen molar-refractivity contribution in [2.45, 2.75) is 20.4 Å². The first-order valence-electron chi connectivity index (χ1n) is 7.41. The van der Waals surface area contributed by atoms with Gasteiger partial charge in [0.2, 0.25) is 0 Å². The highest BCUT2D eigenvalue weighted by Crippen LogP contribution is 2.18. The Labute approximate surface area is 134 Å². The van der Waals surface area contributed by atoms with Crippen molar-refractivity contribution in [1.29, 1.82) is 0 Å². The number of anilines is 1. The first-order valence-corrected chi connectivity index (χ1v) is 7.41. The predicted molar refractivity (Wildman–Crippen MR) is 90.3 cm³/mol. The lowest BCUT2D eigenvalue weighted by Gasteiger charge is -2.18. The monoisotopic (exact) mass is 309 g/mol. The molecule has 0 atom stereocenters. The lowest BCUT2D eigenvalue weighted by atomic mass is 10.1. The lowest BCUT2D eigenvalue weighted by Crippen LogP contribution is -2.30. The van der Waals surface area contributed by atoms with Gasteiger partial charge in [0.05, 0.1) is 11.9 Å². The zero-order valence-electron chi connectivity index (χ0n) is 13.4. The smallest absolute Gasteiger partial charge is 0.321 e. The minimum atomic E-state index is -0.173. The van der Waals surface area contributed by atoms with Crippen LogP contribution in [0, 0.1) is 13.8 Å². The summed E-state index contributed by atoms with van der Waals surface area (Å²) in [6.07, 6.45) is 1.61. The van der Waals surface area contributed by atoms with E-state index in [1.807, 2.05) is 44.2 Å². The van der Waals surface area contributed by atoms with E-state index in [1.165, 1.54) is 5.56 Å². The highest BCUT2D eigenvalue weighted by molar-refractivity contribution is 5.91. The number of rotatable bonds is 3. The van der Waals surface area contributed by atoms with Crippen LogP contribution >= 0.6 is 0 Å². The molecule has 0 spiro atoms. The van der Waals surface area contributed by atoms with Crippen LogP contribution in [0.4, 0.5) is 10.5 Å². The van der Waals surface area contributed by atoms with Crippen LogP contribution in [0.2, 0.25) is 0 Å². The van der Waals surface area contributed by atoms with Gasteiger partial charge in [0, 0.05) is 24.7 Å². The number of carbonyl (C=O) groups is 1. The van der Waals surface area contributed by atoms with Gasteiger partial charge in [-0.3, -0.25) is 5.10 Å². The minimum Gasteiger partial charge on any atom is -0.323 e. The average Bonchev–Trinajstić information content (AvgIpc) is 2.90. The number of pyridine rings is 1. The molecule has 23 heavy (non-hydrogen) atoms. The molecule has 2 heterocycles. The molecular weight excluding hydrogens is 290 g/mol. The topological polar surface area (TPSA) is 73.9 Å². The second-order valence-corrected chi connectivity index (χ2v) is 5.72. The van der Waals surface area contributed by atoms with E-state index in [9.17, 15) is 4.79 Å². The summed E-state index contributed by atoms with van der Waals surface area (Å²) in [5.41, 5.74) is 4.52. The van der Waals surface area contributed by atoms with Gasteiger partial charge in [0.25, 0.3) is 0 Å². The Morgan fingerprint density at radius 1 is 1.26 bits per heavy atom. The number of fused-ring (bicyclic) bond motifs is 1. The van der Waals surface area contributed by atoms with Crippen molar-refractivity contribution in [3.63, 3.8) is 0 Å². The number of carbonyl (C=O) groups excluding carboxylic acids is 1. The summed E-state index contributed by atoms with van der Waals surface area (Å²) in [5, 5.41) is 10.7. The Bertz CT molecular complexity index is 838. The number of aryl methyl sites for hydroxylation is 2. The predicted octanol–water partition coefficient (Wildman–Crippen LogP) is 3.24. The first kappa shape index (κ1) is 15.0. The number of amides is 2. The molecule has 0 bridgehead atoms. The van der Waals surface area contributed by atoms with E-state index in [0.717, 1.165) is 16.6 Å². The normalized spacial score (nSPS) is 10.7. The number of H-pyrrole nitrogens is 1. The van der Waals surface area contributed by atoms with Crippen LogP contribution in [0.5, 0.6) is 0 Å². The molecule has 0 fully saturated rings. The maximum absolute atomic E-state index is 12.3. The maximum atomic E-state index is 12.3. The van der Waals surface area contributed by atoms with E-state index in [1.54, 1.807) is 18.1 Å². The molecule has 6 nitrogen and oxygen atoms in total. The number of aromatic amines is 1. The summed E-state index contributed by atoms with van der Waals surface area (Å²) in [6.45, 7) is 4.51. The second kappa shape index (κ2) is 6.08. The van der Waals surface area contributed by atoms with Crippen LogP contribution < -0.4 is 5.32 Å². The number of nitrogens with zero attached hydrogens (tertiary/aromatic N) is 3. The number of nitrogens with one attached hydrogen (secondary N) is 2. The van der Waals surface area contributed by atoms with Crippen molar-refractivity contribution in [1.82, 2.24) is 20.1 Å². The summed E-state index contributed by atoms with van der Waals surface area (Å²) in [6, 6.07) is 9.84. The summed E-state index contributed by atoms with van der Waals surface area (Å²) >= 11 is 0. The van der Waals surface area contributed by atoms with Gasteiger partial charge < -0.3 is 10.2 Å². The fourth-order valence-electron chi connectivity index (χ4n) is 2.35. The molecule has 0 unspecified atom stereocenters. The highest BCUT2D eigenvalue weighted by atomic mass is 16.2. The van der Waals surface area contributed by atoms with Crippen LogP contribution in [-0.4, -0.2) is 33.2 Å². The van der Waals surface area contributed by atoms with Gasteiger partial charge in [-0.15, -0.1) is 0 Å². The molecule has 0 saturated carbocycles. The van der Waals surface area contributed by atoms with Crippen LogP contribution in [-0.2, 0) is 6.54 Å². The number of urea groups is 1. The maximum Gasteiger partial charge on any atom is 0.321 e. The molecule has 2 amide bonds. The Kier molecular flexibility index (Phi) is 3.97. The SMILES string of the molecule is Cc1ccc(CN(C)C(=O)Nc2cnc3n[nH]c(C)c3c2)cc1. The zero-order valence-corrected chi connectivity index (χ0v) is 13.4. The fraction of sp³-hybridized carbons (Fsp3) is 0.235. The van der Waals surface area contributed by atoms with Gasteiger partial charge in [-0.05, 0) is 25.5 Å². The number of hydrogen-bond donors (Lipinski definition) is 2. The molecule has 0 aliphatic heterocycles. The standard InChI is InChI=1S/C17H19N5O/c1-11-4-6-13(7-5-11)10-22(3)17(23)19-14-8-15-12(2)20-21-16(15)18-9-14/h4-9H,10H2,1-3H3,(H,19,23)(H,18,20,21). The Morgan fingerprint density at radius 3 is 2.74 bits per heavy atom. The van der Waals surface area contributed by atoms with E-state index in [2.05, 4.69) is 20.5 Å². The average molecular weight is 309 g/mol. The third kappa shape index (κ3) is 3.31. The van der Waals surface area contributed by atoms with Crippen molar-refractivity contribution in [2.24, 2.45) is 0 Å². The Morgan fingerprint density at radius 2 is 2.00 bits per heavy atom. The lowest BCUT2D eigenvalue weighted by molar-refractivity contribution is 0.220. The van der Waals surface area contributed by atoms with E-state index >= 15 is 0 Å². The van der Waals surface area contributed by atoms with Gasteiger partial charge in [-0.1, -0.05) is 29.8 Å². The molecule has 0 saturated heterocycles. The van der Waals surface area contributed by atoms with Crippen LogP contribution in [0.15, 0.2) is 36.5 Å². The molecule has 118 valence electrons. The van der Waals surface area contributed by atoms with Gasteiger partial charge >= 0.3 is 6.03 Å². The molecule has 0 aliphatic carbocycles. The third-order valence-electron chi connectivity index (χ3n) is 3.74. The number of aromatic nitrogens is 3. The van der Waals surface area contributed by atoms with Crippen molar-refractivity contribution in [3.8, 4) is 0 Å². The highest BCUT2D eigenvalue weighted by Gasteiger charge is 2.11. The number of hydrogen-bond acceptors (Lipinski definition) is 3. The summed E-state index contributed by atoms with van der Waals surface area (Å²) in [4.78, 5) is 18.2.